The molecule has 0 saturated carbocycles. The van der Waals surface area contributed by atoms with Gasteiger partial charge >= 0.3 is 0 Å². The van der Waals surface area contributed by atoms with Crippen molar-refractivity contribution in [3.8, 4) is 0 Å². The van der Waals surface area contributed by atoms with Crippen LogP contribution in [0.15, 0.2) is 24.8 Å². The van der Waals surface area contributed by atoms with E-state index in [0.717, 1.165) is 0 Å². The molecule has 3 heterocycles. The van der Waals surface area contributed by atoms with Crippen molar-refractivity contribution in [2.24, 2.45) is 0 Å². The molecule has 4 atom stereocenters. The summed E-state index contributed by atoms with van der Waals surface area (Å²) < 4.78 is 7.15. The maximum absolute atomic E-state index is 10.2. The zero-order valence-corrected chi connectivity index (χ0v) is 11.9. The van der Waals surface area contributed by atoms with Gasteiger partial charge in [-0.2, -0.15) is 0 Å². The summed E-state index contributed by atoms with van der Waals surface area (Å²) in [4.78, 5) is 12.4. The van der Waals surface area contributed by atoms with E-state index in [4.69, 9.17) is 10.5 Å². The first-order chi connectivity index (χ1) is 11.1. The van der Waals surface area contributed by atoms with Gasteiger partial charge < -0.3 is 30.4 Å². The standard InChI is InChI=1S/C14H15N5O4/c15-13-6-1-8-9(2-7(6)16-4-17-13)19(5-18-8)14-12(22)11(21)10(3-20)23-14/h1-2,4-5,10-12,14,20-22H,3H2,(H2,15,16,17)/t10-,11+,12-,14+/m0/s1. The molecule has 4 rings (SSSR count). The first-order valence-corrected chi connectivity index (χ1v) is 7.09. The minimum Gasteiger partial charge on any atom is -0.394 e. The predicted molar refractivity (Wildman–Crippen MR) is 80.3 cm³/mol. The smallest absolute Gasteiger partial charge is 0.164 e. The Labute approximate surface area is 130 Å². The number of anilines is 1. The Morgan fingerprint density at radius 1 is 1.13 bits per heavy atom. The number of aliphatic hydroxyl groups is 3. The molecule has 120 valence electrons. The fourth-order valence-corrected chi connectivity index (χ4v) is 2.91. The summed E-state index contributed by atoms with van der Waals surface area (Å²) in [5.41, 5.74) is 7.79. The van der Waals surface area contributed by atoms with Crippen LogP contribution in [0.25, 0.3) is 21.9 Å². The lowest BCUT2D eigenvalue weighted by Gasteiger charge is -2.17. The van der Waals surface area contributed by atoms with Crippen LogP contribution in [0.5, 0.6) is 0 Å². The van der Waals surface area contributed by atoms with Gasteiger partial charge in [0.25, 0.3) is 0 Å². The number of benzene rings is 1. The molecular formula is C14H15N5O4. The number of hydrogen-bond donors (Lipinski definition) is 4. The van der Waals surface area contributed by atoms with Gasteiger partial charge in [0.05, 0.1) is 29.5 Å². The second-order valence-electron chi connectivity index (χ2n) is 5.50. The quantitative estimate of drug-likeness (QED) is 0.480. The van der Waals surface area contributed by atoms with Crippen LogP contribution in [0.4, 0.5) is 5.82 Å². The van der Waals surface area contributed by atoms with E-state index in [-0.39, 0.29) is 6.61 Å². The molecule has 3 aromatic rings. The summed E-state index contributed by atoms with van der Waals surface area (Å²) in [5.74, 6) is 0.361. The number of fused-ring (bicyclic) bond motifs is 2. The van der Waals surface area contributed by atoms with Gasteiger partial charge in [0.1, 0.15) is 30.5 Å². The SMILES string of the molecule is Nc1ncnc2cc3c(cc12)ncn3[C@@H]1O[C@@H](CO)[C@@H](O)[C@@H]1O. The molecule has 1 aliphatic rings. The van der Waals surface area contributed by atoms with Crippen LogP contribution < -0.4 is 5.73 Å². The third-order valence-electron chi connectivity index (χ3n) is 4.15. The number of nitrogens with two attached hydrogens (primary N) is 1. The first kappa shape index (κ1) is 14.3. The van der Waals surface area contributed by atoms with E-state index in [2.05, 4.69) is 15.0 Å². The van der Waals surface area contributed by atoms with Gasteiger partial charge in [-0.15, -0.1) is 0 Å². The van der Waals surface area contributed by atoms with Crippen molar-refractivity contribution in [3.63, 3.8) is 0 Å². The van der Waals surface area contributed by atoms with Gasteiger partial charge in [-0.1, -0.05) is 0 Å². The van der Waals surface area contributed by atoms with Gasteiger partial charge in [-0.25, -0.2) is 15.0 Å². The highest BCUT2D eigenvalue weighted by Crippen LogP contribution is 2.33. The van der Waals surface area contributed by atoms with Gasteiger partial charge in [0.15, 0.2) is 6.23 Å². The molecule has 1 saturated heterocycles. The Morgan fingerprint density at radius 3 is 2.70 bits per heavy atom. The molecule has 0 radical (unpaired) electrons. The fourth-order valence-electron chi connectivity index (χ4n) is 2.91. The van der Waals surface area contributed by atoms with Crippen LogP contribution in [0.1, 0.15) is 6.23 Å². The fraction of sp³-hybridized carbons (Fsp3) is 0.357. The lowest BCUT2D eigenvalue weighted by molar-refractivity contribution is -0.0508. The van der Waals surface area contributed by atoms with Crippen molar-refractivity contribution in [2.75, 3.05) is 12.3 Å². The Bertz CT molecular complexity index is 882. The first-order valence-electron chi connectivity index (χ1n) is 7.09. The summed E-state index contributed by atoms with van der Waals surface area (Å²) in [6.45, 7) is -0.381. The molecule has 1 aromatic carbocycles. The Balaban J connectivity index is 1.85. The molecule has 1 aliphatic heterocycles. The molecule has 0 spiro atoms. The third-order valence-corrected chi connectivity index (χ3v) is 4.15. The van der Waals surface area contributed by atoms with E-state index in [1.54, 1.807) is 16.7 Å². The Hall–Kier alpha value is -2.33. The normalized spacial score (nSPS) is 28.0. The largest absolute Gasteiger partial charge is 0.394 e. The summed E-state index contributed by atoms with van der Waals surface area (Å²) in [7, 11) is 0. The number of nitrogen functional groups attached to an aromatic ring is 1. The van der Waals surface area contributed by atoms with Gasteiger partial charge in [-0.05, 0) is 12.1 Å². The average Bonchev–Trinajstić information content (AvgIpc) is 3.08. The van der Waals surface area contributed by atoms with Crippen LogP contribution in [0, 0.1) is 0 Å². The van der Waals surface area contributed by atoms with Crippen LogP contribution in [-0.2, 0) is 4.74 Å². The second kappa shape index (κ2) is 5.10. The van der Waals surface area contributed by atoms with E-state index >= 15 is 0 Å². The maximum atomic E-state index is 10.2. The molecule has 0 aliphatic carbocycles. The zero-order chi connectivity index (χ0) is 16.1. The van der Waals surface area contributed by atoms with Crippen molar-refractivity contribution in [1.82, 2.24) is 19.5 Å². The van der Waals surface area contributed by atoms with Crippen LogP contribution >= 0.6 is 0 Å². The van der Waals surface area contributed by atoms with E-state index in [9.17, 15) is 15.3 Å². The predicted octanol–water partition coefficient (Wildman–Crippen LogP) is -0.827. The van der Waals surface area contributed by atoms with Gasteiger partial charge in [0.2, 0.25) is 0 Å². The van der Waals surface area contributed by atoms with Gasteiger partial charge in [0, 0.05) is 5.39 Å². The van der Waals surface area contributed by atoms with Crippen molar-refractivity contribution in [1.29, 1.82) is 0 Å². The minimum atomic E-state index is -1.17. The Kier molecular flexibility index (Phi) is 3.16. The van der Waals surface area contributed by atoms with Crippen LogP contribution in [0.3, 0.4) is 0 Å². The molecule has 23 heavy (non-hydrogen) atoms. The number of ether oxygens (including phenoxy) is 1. The van der Waals surface area contributed by atoms with Crippen molar-refractivity contribution in [3.05, 3.63) is 24.8 Å². The summed E-state index contributed by atoms with van der Waals surface area (Å²) in [6, 6.07) is 3.53. The van der Waals surface area contributed by atoms with E-state index in [1.165, 1.54) is 12.7 Å². The lowest BCUT2D eigenvalue weighted by atomic mass is 10.1. The van der Waals surface area contributed by atoms with E-state index < -0.39 is 24.5 Å². The molecule has 0 unspecified atom stereocenters. The summed E-state index contributed by atoms with van der Waals surface area (Å²) in [5, 5.41) is 30.0. The molecule has 2 aromatic heterocycles. The number of imidazole rings is 1. The molecule has 1 fully saturated rings. The summed E-state index contributed by atoms with van der Waals surface area (Å²) in [6.07, 6.45) is -1.14. The van der Waals surface area contributed by atoms with Gasteiger partial charge in [-0.3, -0.25) is 0 Å². The second-order valence-corrected chi connectivity index (χ2v) is 5.50. The third kappa shape index (κ3) is 2.05. The molecule has 9 heteroatoms. The average molecular weight is 317 g/mol. The molecule has 9 nitrogen and oxygen atoms in total. The van der Waals surface area contributed by atoms with Crippen molar-refractivity contribution in [2.45, 2.75) is 24.5 Å². The van der Waals surface area contributed by atoms with Crippen molar-refractivity contribution < 1.29 is 20.1 Å². The topological polar surface area (TPSA) is 140 Å². The Morgan fingerprint density at radius 2 is 1.96 bits per heavy atom. The highest BCUT2D eigenvalue weighted by Gasteiger charge is 2.43. The monoisotopic (exact) mass is 317 g/mol. The number of aromatic nitrogens is 4. The van der Waals surface area contributed by atoms with E-state index in [1.807, 2.05) is 0 Å². The van der Waals surface area contributed by atoms with Crippen LogP contribution in [0.2, 0.25) is 0 Å². The number of rotatable bonds is 2. The molecule has 5 N–H and O–H groups in total. The number of aliphatic hydroxyl groups excluding tert-OH is 3. The van der Waals surface area contributed by atoms with E-state index in [0.29, 0.717) is 27.8 Å². The molecular weight excluding hydrogens is 302 g/mol. The minimum absolute atomic E-state index is 0.361. The number of hydrogen-bond acceptors (Lipinski definition) is 8. The van der Waals surface area contributed by atoms with Crippen LogP contribution in [-0.4, -0.2) is 59.8 Å². The number of nitrogens with zero attached hydrogens (tertiary/aromatic N) is 4. The molecule has 0 amide bonds. The highest BCUT2D eigenvalue weighted by atomic mass is 16.6. The molecule has 0 bridgehead atoms. The summed E-state index contributed by atoms with van der Waals surface area (Å²) >= 11 is 0. The lowest BCUT2D eigenvalue weighted by Crippen LogP contribution is -2.33. The highest BCUT2D eigenvalue weighted by molar-refractivity contribution is 5.97. The zero-order valence-electron chi connectivity index (χ0n) is 11.9. The van der Waals surface area contributed by atoms with Crippen molar-refractivity contribution >= 4 is 27.8 Å². The maximum Gasteiger partial charge on any atom is 0.164 e.